The maximum Gasteiger partial charge on any atom is 0.262 e. The topological polar surface area (TPSA) is 73.2 Å². The van der Waals surface area contributed by atoms with Crippen LogP contribution in [0, 0.1) is 0 Å². The number of para-hydroxylation sites is 1. The molecule has 1 aromatic carbocycles. The Bertz CT molecular complexity index is 776. The minimum Gasteiger partial charge on any atom is -0.385 e. The molecule has 6 nitrogen and oxygen atoms in total. The Balaban J connectivity index is 2.24. The third-order valence-corrected chi connectivity index (χ3v) is 4.89. The first-order chi connectivity index (χ1) is 12.1. The van der Waals surface area contributed by atoms with Crippen LogP contribution in [0.5, 0.6) is 0 Å². The van der Waals surface area contributed by atoms with E-state index in [-0.39, 0.29) is 23.3 Å². The molecular formula is C18H25N3O3S. The van der Waals surface area contributed by atoms with Gasteiger partial charge in [0.15, 0.2) is 5.16 Å². The second-order valence-electron chi connectivity index (χ2n) is 5.88. The molecule has 0 aliphatic rings. The molecule has 1 atom stereocenters. The average Bonchev–Trinajstić information content (AvgIpc) is 2.62. The molecule has 2 rings (SSSR count). The minimum atomic E-state index is -0.0773. The summed E-state index contributed by atoms with van der Waals surface area (Å²) in [5, 5.41) is 4.09. The molecule has 1 aromatic heterocycles. The summed E-state index contributed by atoms with van der Waals surface area (Å²) in [5.41, 5.74) is 0.576. The van der Waals surface area contributed by atoms with Gasteiger partial charge in [-0.1, -0.05) is 30.8 Å². The van der Waals surface area contributed by atoms with Crippen molar-refractivity contribution in [2.45, 2.75) is 44.4 Å². The molecule has 0 saturated heterocycles. The highest BCUT2D eigenvalue weighted by Crippen LogP contribution is 2.18. The summed E-state index contributed by atoms with van der Waals surface area (Å²) in [6.45, 7) is 5.08. The average molecular weight is 363 g/mol. The lowest BCUT2D eigenvalue weighted by Crippen LogP contribution is -2.33. The number of hydrogen-bond acceptors (Lipinski definition) is 5. The highest BCUT2D eigenvalue weighted by Gasteiger charge is 2.13. The molecule has 2 aromatic rings. The molecule has 1 amide bonds. The monoisotopic (exact) mass is 363 g/mol. The van der Waals surface area contributed by atoms with Crippen LogP contribution in [0.15, 0.2) is 34.2 Å². The van der Waals surface area contributed by atoms with Gasteiger partial charge in [0.25, 0.3) is 5.56 Å². The van der Waals surface area contributed by atoms with E-state index in [0.29, 0.717) is 35.6 Å². The maximum absolute atomic E-state index is 12.8. The van der Waals surface area contributed by atoms with Crippen LogP contribution in [-0.4, -0.2) is 41.0 Å². The van der Waals surface area contributed by atoms with E-state index in [1.807, 2.05) is 32.0 Å². The molecule has 0 aliphatic heterocycles. The molecule has 0 radical (unpaired) electrons. The van der Waals surface area contributed by atoms with Crippen LogP contribution in [0.25, 0.3) is 10.9 Å². The maximum atomic E-state index is 12.8. The number of nitrogens with one attached hydrogen (secondary N) is 1. The largest absolute Gasteiger partial charge is 0.385 e. The lowest BCUT2D eigenvalue weighted by Gasteiger charge is -2.14. The van der Waals surface area contributed by atoms with Crippen molar-refractivity contribution in [3.05, 3.63) is 34.6 Å². The number of fused-ring (bicyclic) bond motifs is 1. The predicted molar refractivity (Wildman–Crippen MR) is 101 cm³/mol. The predicted octanol–water partition coefficient (Wildman–Crippen LogP) is 2.44. The second-order valence-corrected chi connectivity index (χ2v) is 6.82. The number of aromatic nitrogens is 2. The third kappa shape index (κ3) is 5.31. The van der Waals surface area contributed by atoms with E-state index in [1.165, 1.54) is 11.8 Å². The van der Waals surface area contributed by atoms with E-state index in [0.717, 1.165) is 6.42 Å². The summed E-state index contributed by atoms with van der Waals surface area (Å²) >= 11 is 1.29. The van der Waals surface area contributed by atoms with Crippen molar-refractivity contribution < 1.29 is 9.53 Å². The van der Waals surface area contributed by atoms with Crippen LogP contribution in [0.2, 0.25) is 0 Å². The molecule has 0 bridgehead atoms. The lowest BCUT2D eigenvalue weighted by atomic mass is 10.2. The van der Waals surface area contributed by atoms with Gasteiger partial charge in [0.2, 0.25) is 5.91 Å². The van der Waals surface area contributed by atoms with Crippen LogP contribution >= 0.6 is 11.8 Å². The third-order valence-electron chi connectivity index (χ3n) is 3.91. The molecule has 0 fully saturated rings. The van der Waals surface area contributed by atoms with Gasteiger partial charge in [0, 0.05) is 26.3 Å². The number of rotatable bonds is 9. The van der Waals surface area contributed by atoms with E-state index < -0.39 is 0 Å². The number of ether oxygens (including phenoxy) is 1. The zero-order chi connectivity index (χ0) is 18.2. The van der Waals surface area contributed by atoms with Crippen molar-refractivity contribution in [1.82, 2.24) is 14.9 Å². The van der Waals surface area contributed by atoms with E-state index in [9.17, 15) is 9.59 Å². The number of thioether (sulfide) groups is 1. The molecule has 136 valence electrons. The van der Waals surface area contributed by atoms with E-state index in [4.69, 9.17) is 4.74 Å². The summed E-state index contributed by atoms with van der Waals surface area (Å²) in [4.78, 5) is 29.4. The number of nitrogens with zero attached hydrogens (tertiary/aromatic N) is 2. The Morgan fingerprint density at radius 3 is 2.88 bits per heavy atom. The Kier molecular flexibility index (Phi) is 7.46. The number of hydrogen-bond donors (Lipinski definition) is 1. The molecule has 1 N–H and O–H groups in total. The Morgan fingerprint density at radius 2 is 2.16 bits per heavy atom. The Morgan fingerprint density at radius 1 is 1.40 bits per heavy atom. The zero-order valence-corrected chi connectivity index (χ0v) is 15.8. The molecule has 7 heteroatoms. The summed E-state index contributed by atoms with van der Waals surface area (Å²) in [5.74, 6) is 0.185. The van der Waals surface area contributed by atoms with Gasteiger partial charge in [-0.15, -0.1) is 0 Å². The van der Waals surface area contributed by atoms with Gasteiger partial charge in [0.1, 0.15) is 0 Å². The highest BCUT2D eigenvalue weighted by molar-refractivity contribution is 7.99. The smallest absolute Gasteiger partial charge is 0.262 e. The van der Waals surface area contributed by atoms with Crippen LogP contribution < -0.4 is 10.9 Å². The summed E-state index contributed by atoms with van der Waals surface area (Å²) in [6, 6.07) is 7.42. The first-order valence-electron chi connectivity index (χ1n) is 8.47. The molecule has 0 saturated carbocycles. The first-order valence-corrected chi connectivity index (χ1v) is 9.46. The number of amides is 1. The quantitative estimate of drug-likeness (QED) is 0.421. The summed E-state index contributed by atoms with van der Waals surface area (Å²) in [6.07, 6.45) is 1.59. The minimum absolute atomic E-state index is 0.0507. The molecular weight excluding hydrogens is 338 g/mol. The fraction of sp³-hybridized carbons (Fsp3) is 0.500. The molecule has 1 heterocycles. The van der Waals surface area contributed by atoms with Gasteiger partial charge in [-0.3, -0.25) is 14.2 Å². The number of carbonyl (C=O) groups is 1. The summed E-state index contributed by atoms with van der Waals surface area (Å²) in [7, 11) is 1.64. The van der Waals surface area contributed by atoms with Crippen molar-refractivity contribution in [2.75, 3.05) is 19.5 Å². The first kappa shape index (κ1) is 19.5. The van der Waals surface area contributed by atoms with Crippen molar-refractivity contribution in [1.29, 1.82) is 0 Å². The number of carbonyl (C=O) groups excluding carboxylic acids is 1. The van der Waals surface area contributed by atoms with Crippen LogP contribution in [0.4, 0.5) is 0 Å². The van der Waals surface area contributed by atoms with Crippen molar-refractivity contribution in [2.24, 2.45) is 0 Å². The number of methoxy groups -OCH3 is 1. The van der Waals surface area contributed by atoms with Gasteiger partial charge in [0.05, 0.1) is 16.7 Å². The van der Waals surface area contributed by atoms with E-state index in [2.05, 4.69) is 10.3 Å². The van der Waals surface area contributed by atoms with E-state index >= 15 is 0 Å². The summed E-state index contributed by atoms with van der Waals surface area (Å²) < 4.78 is 6.72. The fourth-order valence-corrected chi connectivity index (χ4v) is 3.21. The van der Waals surface area contributed by atoms with Gasteiger partial charge < -0.3 is 10.1 Å². The van der Waals surface area contributed by atoms with Crippen molar-refractivity contribution >= 4 is 28.6 Å². The Labute approximate surface area is 152 Å². The molecule has 1 unspecified atom stereocenters. The highest BCUT2D eigenvalue weighted by atomic mass is 32.2. The Hall–Kier alpha value is -1.86. The molecule has 0 spiro atoms. The second kappa shape index (κ2) is 9.58. The SMILES string of the molecule is CCC(C)NC(=O)CSc1nc2ccccc2c(=O)n1CCCOC. The lowest BCUT2D eigenvalue weighted by molar-refractivity contribution is -0.119. The molecule has 25 heavy (non-hydrogen) atoms. The zero-order valence-electron chi connectivity index (χ0n) is 14.9. The standard InChI is InChI=1S/C18H25N3O3S/c1-4-13(2)19-16(22)12-25-18-20-15-9-6-5-8-14(15)17(23)21(18)10-7-11-24-3/h5-6,8-9,13H,4,7,10-12H2,1-3H3,(H,19,22). The van der Waals surface area contributed by atoms with Crippen molar-refractivity contribution in [3.8, 4) is 0 Å². The van der Waals surface area contributed by atoms with Gasteiger partial charge in [-0.25, -0.2) is 4.98 Å². The normalized spacial score (nSPS) is 12.3. The van der Waals surface area contributed by atoms with Crippen LogP contribution in [-0.2, 0) is 16.1 Å². The van der Waals surface area contributed by atoms with E-state index in [1.54, 1.807) is 17.7 Å². The van der Waals surface area contributed by atoms with Crippen LogP contribution in [0.1, 0.15) is 26.7 Å². The fourth-order valence-electron chi connectivity index (χ4n) is 2.37. The number of benzene rings is 1. The van der Waals surface area contributed by atoms with Crippen LogP contribution in [0.3, 0.4) is 0 Å². The van der Waals surface area contributed by atoms with Gasteiger partial charge in [-0.2, -0.15) is 0 Å². The van der Waals surface area contributed by atoms with Gasteiger partial charge >= 0.3 is 0 Å². The van der Waals surface area contributed by atoms with Gasteiger partial charge in [-0.05, 0) is 31.9 Å². The van der Waals surface area contributed by atoms with Crippen molar-refractivity contribution in [3.63, 3.8) is 0 Å². The molecule has 0 aliphatic carbocycles.